The fourth-order valence-corrected chi connectivity index (χ4v) is 1.36. The molecule has 0 saturated heterocycles. The van der Waals surface area contributed by atoms with E-state index < -0.39 is 5.97 Å². The fraction of sp³-hybridized carbons (Fsp3) is 0.100. The number of rotatable bonds is 3. The number of aromatic amines is 2. The number of carboxylic acid groups (broad SMARTS) is 1. The number of H-pyrrole nitrogens is 2. The van der Waals surface area contributed by atoms with Crippen molar-refractivity contribution in [3.63, 3.8) is 0 Å². The van der Waals surface area contributed by atoms with Crippen LogP contribution >= 0.6 is 0 Å². The van der Waals surface area contributed by atoms with Crippen LogP contribution in [0, 0.1) is 0 Å². The lowest BCUT2D eigenvalue weighted by molar-refractivity contribution is 0.0691. The van der Waals surface area contributed by atoms with Crippen LogP contribution in [0.15, 0.2) is 30.6 Å². The van der Waals surface area contributed by atoms with Crippen LogP contribution in [0.5, 0.6) is 0 Å². The molecule has 0 saturated carbocycles. The van der Waals surface area contributed by atoms with Crippen molar-refractivity contribution in [3.8, 4) is 0 Å². The minimum atomic E-state index is -0.928. The molecule has 0 atom stereocenters. The second-order valence-electron chi connectivity index (χ2n) is 3.10. The van der Waals surface area contributed by atoms with Gasteiger partial charge in [0.15, 0.2) is 0 Å². The first-order valence-corrected chi connectivity index (χ1v) is 4.28. The number of hydrogen-bond donors (Lipinski definition) is 3. The first kappa shape index (κ1) is 8.62. The summed E-state index contributed by atoms with van der Waals surface area (Å²) in [5.74, 6) is -0.928. The van der Waals surface area contributed by atoms with Gasteiger partial charge in [0.05, 0.1) is 0 Å². The minimum Gasteiger partial charge on any atom is -0.477 e. The van der Waals surface area contributed by atoms with Crippen molar-refractivity contribution in [1.82, 2.24) is 9.97 Å². The molecule has 0 radical (unpaired) electrons. The second kappa shape index (κ2) is 3.41. The molecule has 2 rings (SSSR count). The maximum Gasteiger partial charge on any atom is 0.352 e. The van der Waals surface area contributed by atoms with Crippen molar-refractivity contribution < 1.29 is 9.90 Å². The highest BCUT2D eigenvalue weighted by Crippen LogP contribution is 2.09. The Bertz CT molecular complexity index is 429. The Labute approximate surface area is 80.6 Å². The SMILES string of the molecule is O=C(O)c1cc(Cc2ccc[nH]2)c[nH]1. The number of carbonyl (C=O) groups is 1. The van der Waals surface area contributed by atoms with E-state index in [0.29, 0.717) is 0 Å². The Morgan fingerprint density at radius 3 is 2.86 bits per heavy atom. The van der Waals surface area contributed by atoms with E-state index >= 15 is 0 Å². The van der Waals surface area contributed by atoms with Crippen LogP contribution in [-0.2, 0) is 6.42 Å². The predicted octanol–water partition coefficient (Wildman–Crippen LogP) is 1.63. The van der Waals surface area contributed by atoms with Crippen LogP contribution in [0.25, 0.3) is 0 Å². The van der Waals surface area contributed by atoms with Crippen molar-refractivity contribution in [1.29, 1.82) is 0 Å². The molecule has 14 heavy (non-hydrogen) atoms. The van der Waals surface area contributed by atoms with E-state index in [1.807, 2.05) is 18.3 Å². The van der Waals surface area contributed by atoms with Crippen molar-refractivity contribution in [2.24, 2.45) is 0 Å². The zero-order valence-corrected chi connectivity index (χ0v) is 7.45. The van der Waals surface area contributed by atoms with Gasteiger partial charge in [-0.1, -0.05) is 0 Å². The fourth-order valence-electron chi connectivity index (χ4n) is 1.36. The molecular formula is C10H10N2O2. The van der Waals surface area contributed by atoms with Gasteiger partial charge in [0, 0.05) is 24.5 Å². The zero-order valence-electron chi connectivity index (χ0n) is 7.45. The molecule has 0 aliphatic rings. The summed E-state index contributed by atoms with van der Waals surface area (Å²) in [6, 6.07) is 5.52. The average Bonchev–Trinajstić information content (AvgIpc) is 2.75. The third-order valence-electron chi connectivity index (χ3n) is 2.03. The molecule has 0 unspecified atom stereocenters. The van der Waals surface area contributed by atoms with Crippen LogP contribution in [0.3, 0.4) is 0 Å². The van der Waals surface area contributed by atoms with Gasteiger partial charge in [-0.2, -0.15) is 0 Å². The van der Waals surface area contributed by atoms with E-state index in [-0.39, 0.29) is 5.69 Å². The summed E-state index contributed by atoms with van der Waals surface area (Å²) in [7, 11) is 0. The summed E-state index contributed by atoms with van der Waals surface area (Å²) in [6.45, 7) is 0. The van der Waals surface area contributed by atoms with E-state index in [1.165, 1.54) is 0 Å². The third kappa shape index (κ3) is 1.69. The summed E-state index contributed by atoms with van der Waals surface area (Å²) in [5.41, 5.74) is 2.26. The molecule has 4 nitrogen and oxygen atoms in total. The Morgan fingerprint density at radius 1 is 1.43 bits per heavy atom. The van der Waals surface area contributed by atoms with Gasteiger partial charge < -0.3 is 15.1 Å². The maximum atomic E-state index is 10.6. The highest BCUT2D eigenvalue weighted by Gasteiger charge is 2.06. The number of aromatic carboxylic acids is 1. The Hall–Kier alpha value is -1.97. The molecule has 0 aromatic carbocycles. The lowest BCUT2D eigenvalue weighted by Crippen LogP contribution is -1.94. The number of nitrogens with one attached hydrogen (secondary N) is 2. The zero-order chi connectivity index (χ0) is 9.97. The maximum absolute atomic E-state index is 10.6. The van der Waals surface area contributed by atoms with E-state index in [4.69, 9.17) is 5.11 Å². The van der Waals surface area contributed by atoms with E-state index in [2.05, 4.69) is 9.97 Å². The van der Waals surface area contributed by atoms with Gasteiger partial charge in [0.1, 0.15) is 5.69 Å². The normalized spacial score (nSPS) is 10.3. The lowest BCUT2D eigenvalue weighted by Gasteiger charge is -1.92. The molecule has 0 aliphatic carbocycles. The molecule has 4 heteroatoms. The van der Waals surface area contributed by atoms with Crippen molar-refractivity contribution in [3.05, 3.63) is 47.5 Å². The Morgan fingerprint density at radius 2 is 2.29 bits per heavy atom. The largest absolute Gasteiger partial charge is 0.477 e. The molecule has 2 aromatic heterocycles. The summed E-state index contributed by atoms with van der Waals surface area (Å²) in [5, 5.41) is 8.69. The summed E-state index contributed by atoms with van der Waals surface area (Å²) >= 11 is 0. The molecule has 72 valence electrons. The van der Waals surface area contributed by atoms with Gasteiger partial charge in [-0.3, -0.25) is 0 Å². The minimum absolute atomic E-state index is 0.228. The van der Waals surface area contributed by atoms with Crippen LogP contribution in [0.4, 0.5) is 0 Å². The second-order valence-corrected chi connectivity index (χ2v) is 3.10. The topological polar surface area (TPSA) is 68.9 Å². The molecule has 0 fully saturated rings. The van der Waals surface area contributed by atoms with E-state index in [9.17, 15) is 4.79 Å². The molecule has 0 spiro atoms. The quantitative estimate of drug-likeness (QED) is 0.688. The van der Waals surface area contributed by atoms with Crippen molar-refractivity contribution >= 4 is 5.97 Å². The highest BCUT2D eigenvalue weighted by molar-refractivity contribution is 5.85. The van der Waals surface area contributed by atoms with Gasteiger partial charge in [-0.05, 0) is 23.8 Å². The van der Waals surface area contributed by atoms with Crippen LogP contribution in [-0.4, -0.2) is 21.0 Å². The monoisotopic (exact) mass is 190 g/mol. The van der Waals surface area contributed by atoms with Gasteiger partial charge in [0.2, 0.25) is 0 Å². The highest BCUT2D eigenvalue weighted by atomic mass is 16.4. The van der Waals surface area contributed by atoms with Crippen LogP contribution in [0.2, 0.25) is 0 Å². The summed E-state index contributed by atoms with van der Waals surface area (Å²) in [6.07, 6.45) is 4.28. The standard InChI is InChI=1S/C10H10N2O2/c13-10(14)9-5-7(6-12-9)4-8-2-1-3-11-8/h1-3,5-6,11-12H,4H2,(H,13,14). The van der Waals surface area contributed by atoms with Gasteiger partial charge in [0.25, 0.3) is 0 Å². The first-order chi connectivity index (χ1) is 6.75. The van der Waals surface area contributed by atoms with Gasteiger partial charge in [-0.15, -0.1) is 0 Å². The number of hydrogen-bond acceptors (Lipinski definition) is 1. The molecule has 0 bridgehead atoms. The molecule has 0 amide bonds. The molecular weight excluding hydrogens is 180 g/mol. The van der Waals surface area contributed by atoms with Crippen LogP contribution < -0.4 is 0 Å². The number of carboxylic acids is 1. The van der Waals surface area contributed by atoms with Crippen molar-refractivity contribution in [2.45, 2.75) is 6.42 Å². The van der Waals surface area contributed by atoms with E-state index in [0.717, 1.165) is 17.7 Å². The van der Waals surface area contributed by atoms with Gasteiger partial charge >= 0.3 is 5.97 Å². The molecule has 2 heterocycles. The summed E-state index contributed by atoms with van der Waals surface area (Å²) in [4.78, 5) is 16.3. The Kier molecular flexibility index (Phi) is 2.10. The van der Waals surface area contributed by atoms with Crippen LogP contribution in [0.1, 0.15) is 21.7 Å². The Balaban J connectivity index is 2.14. The predicted molar refractivity (Wildman–Crippen MR) is 51.4 cm³/mol. The van der Waals surface area contributed by atoms with E-state index in [1.54, 1.807) is 12.3 Å². The third-order valence-corrected chi connectivity index (χ3v) is 2.03. The molecule has 2 aromatic rings. The lowest BCUT2D eigenvalue weighted by atomic mass is 10.2. The van der Waals surface area contributed by atoms with Crippen molar-refractivity contribution in [2.75, 3.05) is 0 Å². The smallest absolute Gasteiger partial charge is 0.352 e. The molecule has 0 aliphatic heterocycles. The van der Waals surface area contributed by atoms with Gasteiger partial charge in [-0.25, -0.2) is 4.79 Å². The average molecular weight is 190 g/mol. The summed E-state index contributed by atoms with van der Waals surface area (Å²) < 4.78 is 0. The molecule has 3 N–H and O–H groups in total. The first-order valence-electron chi connectivity index (χ1n) is 4.28. The number of aromatic nitrogens is 2.